The minimum Gasteiger partial charge on any atom is -0.462 e. The molecule has 370 valence electrons. The zero-order valence-electron chi connectivity index (χ0n) is 42.3. The first kappa shape index (κ1) is 61.1. The molecule has 64 heavy (non-hydrogen) atoms. The van der Waals surface area contributed by atoms with Crippen LogP contribution in [0.1, 0.15) is 271 Å². The van der Waals surface area contributed by atoms with E-state index in [4.69, 9.17) is 14.2 Å². The number of unbranched alkanes of at least 4 members (excludes halogenated alkanes) is 29. The summed E-state index contributed by atoms with van der Waals surface area (Å²) in [6, 6.07) is 0. The number of rotatable bonds is 49. The van der Waals surface area contributed by atoms with Gasteiger partial charge >= 0.3 is 17.9 Å². The molecule has 0 aliphatic heterocycles. The van der Waals surface area contributed by atoms with Gasteiger partial charge in [-0.3, -0.25) is 14.4 Å². The standard InChI is InChI=1S/C58H102O6/c1-4-7-10-13-16-19-22-24-26-28-30-31-33-36-39-42-45-48-51-57(60)63-54-55(53-62-56(59)50-47-44-41-38-35-21-18-15-12-9-6-3)64-58(61)52-49-46-43-40-37-34-32-29-27-25-23-20-17-14-11-8-5-2/h9,12,18,21,26,28,30-31,38,41,55H,4-8,10-11,13-17,19-20,22-25,27,29,32-37,39-40,42-54H2,1-3H3/b12-9-,21-18-,28-26-,31-30-,41-38-. The SMILES string of the molecule is CC/C=C\C/C=C\C/C=C\CCCC(=O)OCC(COC(=O)CCCCCCC/C=C\C=C/CCCCCCCCC)OC(=O)CCCCCCCCCCCCCCCCCCC. The molecule has 0 rings (SSSR count). The van der Waals surface area contributed by atoms with Crippen molar-refractivity contribution in [1.82, 2.24) is 0 Å². The first-order chi connectivity index (χ1) is 31.5. The van der Waals surface area contributed by atoms with Crippen LogP contribution >= 0.6 is 0 Å². The third kappa shape index (κ3) is 50.1. The smallest absolute Gasteiger partial charge is 0.306 e. The van der Waals surface area contributed by atoms with Crippen molar-refractivity contribution < 1.29 is 28.6 Å². The van der Waals surface area contributed by atoms with E-state index in [2.05, 4.69) is 81.5 Å². The van der Waals surface area contributed by atoms with Crippen molar-refractivity contribution >= 4 is 17.9 Å². The molecule has 0 aromatic heterocycles. The van der Waals surface area contributed by atoms with E-state index in [0.717, 1.165) is 83.5 Å². The Kier molecular flexibility index (Phi) is 50.4. The van der Waals surface area contributed by atoms with Gasteiger partial charge in [-0.2, -0.15) is 0 Å². The Hall–Kier alpha value is -2.89. The van der Waals surface area contributed by atoms with E-state index < -0.39 is 6.10 Å². The van der Waals surface area contributed by atoms with Crippen LogP contribution in [0.15, 0.2) is 60.8 Å². The molecule has 0 fully saturated rings. The van der Waals surface area contributed by atoms with Gasteiger partial charge in [-0.15, -0.1) is 0 Å². The van der Waals surface area contributed by atoms with E-state index in [1.807, 2.05) is 0 Å². The number of carbonyl (C=O) groups is 3. The van der Waals surface area contributed by atoms with E-state index >= 15 is 0 Å². The van der Waals surface area contributed by atoms with Crippen molar-refractivity contribution in [3.8, 4) is 0 Å². The lowest BCUT2D eigenvalue weighted by Crippen LogP contribution is -2.30. The fraction of sp³-hybridized carbons (Fsp3) is 0.776. The summed E-state index contributed by atoms with van der Waals surface area (Å²) in [7, 11) is 0. The summed E-state index contributed by atoms with van der Waals surface area (Å²) in [6.07, 6.45) is 65.1. The summed E-state index contributed by atoms with van der Waals surface area (Å²) in [6.45, 7) is 6.48. The number of allylic oxidation sites excluding steroid dienone is 10. The topological polar surface area (TPSA) is 78.9 Å². The summed E-state index contributed by atoms with van der Waals surface area (Å²) < 4.78 is 16.8. The summed E-state index contributed by atoms with van der Waals surface area (Å²) in [5, 5.41) is 0. The van der Waals surface area contributed by atoms with Crippen LogP contribution < -0.4 is 0 Å². The zero-order valence-corrected chi connectivity index (χ0v) is 42.3. The molecule has 1 atom stereocenters. The third-order valence-corrected chi connectivity index (χ3v) is 11.8. The summed E-state index contributed by atoms with van der Waals surface area (Å²) in [4.78, 5) is 38.0. The van der Waals surface area contributed by atoms with Gasteiger partial charge in [-0.05, 0) is 70.6 Å². The first-order valence-corrected chi connectivity index (χ1v) is 27.3. The Morgan fingerprint density at radius 2 is 0.672 bits per heavy atom. The minimum atomic E-state index is -0.798. The fourth-order valence-electron chi connectivity index (χ4n) is 7.69. The molecular formula is C58H102O6. The third-order valence-electron chi connectivity index (χ3n) is 11.8. The van der Waals surface area contributed by atoms with Crippen LogP contribution in [0.4, 0.5) is 0 Å². The van der Waals surface area contributed by atoms with E-state index in [9.17, 15) is 14.4 Å². The van der Waals surface area contributed by atoms with E-state index in [-0.39, 0.29) is 37.5 Å². The Bertz CT molecular complexity index is 1170. The molecule has 0 saturated carbocycles. The molecule has 0 aromatic carbocycles. The van der Waals surface area contributed by atoms with Gasteiger partial charge in [-0.25, -0.2) is 0 Å². The molecule has 6 nitrogen and oxygen atoms in total. The molecule has 1 unspecified atom stereocenters. The molecule has 0 aromatic rings. The summed E-state index contributed by atoms with van der Waals surface area (Å²) in [5.74, 6) is -0.957. The molecule has 0 aliphatic rings. The van der Waals surface area contributed by atoms with Crippen molar-refractivity contribution in [2.24, 2.45) is 0 Å². The average Bonchev–Trinajstić information content (AvgIpc) is 3.29. The molecule has 0 aliphatic carbocycles. The van der Waals surface area contributed by atoms with E-state index in [1.165, 1.54) is 141 Å². The lowest BCUT2D eigenvalue weighted by Gasteiger charge is -2.18. The molecule has 0 amide bonds. The monoisotopic (exact) mass is 895 g/mol. The van der Waals surface area contributed by atoms with Gasteiger partial charge in [-0.1, -0.05) is 242 Å². The molecule has 0 radical (unpaired) electrons. The van der Waals surface area contributed by atoms with Crippen molar-refractivity contribution in [2.75, 3.05) is 13.2 Å². The van der Waals surface area contributed by atoms with Gasteiger partial charge in [0.05, 0.1) is 0 Å². The van der Waals surface area contributed by atoms with Gasteiger partial charge in [0, 0.05) is 19.3 Å². The maximum atomic E-state index is 12.8. The minimum absolute atomic E-state index is 0.0960. The normalized spacial score (nSPS) is 12.5. The Morgan fingerprint density at radius 1 is 0.344 bits per heavy atom. The van der Waals surface area contributed by atoms with Crippen molar-refractivity contribution in [3.63, 3.8) is 0 Å². The van der Waals surface area contributed by atoms with E-state index in [1.54, 1.807) is 0 Å². The summed E-state index contributed by atoms with van der Waals surface area (Å²) >= 11 is 0. The van der Waals surface area contributed by atoms with Crippen LogP contribution in [-0.4, -0.2) is 37.2 Å². The van der Waals surface area contributed by atoms with Gasteiger partial charge in [0.1, 0.15) is 13.2 Å². The largest absolute Gasteiger partial charge is 0.462 e. The second kappa shape index (κ2) is 52.7. The first-order valence-electron chi connectivity index (χ1n) is 27.3. The van der Waals surface area contributed by atoms with Crippen LogP contribution in [0, 0.1) is 0 Å². The second-order valence-electron chi connectivity index (χ2n) is 18.1. The maximum absolute atomic E-state index is 12.8. The maximum Gasteiger partial charge on any atom is 0.306 e. The molecule has 0 bridgehead atoms. The Balaban J connectivity index is 4.39. The molecule has 0 heterocycles. The predicted molar refractivity (Wildman–Crippen MR) is 275 cm³/mol. The van der Waals surface area contributed by atoms with Gasteiger partial charge in [0.2, 0.25) is 0 Å². The van der Waals surface area contributed by atoms with E-state index in [0.29, 0.717) is 19.3 Å². The van der Waals surface area contributed by atoms with Crippen LogP contribution in [0.25, 0.3) is 0 Å². The highest BCUT2D eigenvalue weighted by atomic mass is 16.6. The highest BCUT2D eigenvalue weighted by Crippen LogP contribution is 2.16. The predicted octanol–water partition coefficient (Wildman–Crippen LogP) is 18.0. The number of ether oxygens (including phenoxy) is 3. The number of hydrogen-bond acceptors (Lipinski definition) is 6. The van der Waals surface area contributed by atoms with Crippen LogP contribution in [0.2, 0.25) is 0 Å². The number of hydrogen-bond donors (Lipinski definition) is 0. The van der Waals surface area contributed by atoms with Crippen molar-refractivity contribution in [1.29, 1.82) is 0 Å². The fourth-order valence-corrected chi connectivity index (χ4v) is 7.69. The lowest BCUT2D eigenvalue weighted by molar-refractivity contribution is -0.167. The van der Waals surface area contributed by atoms with Gasteiger partial charge in [0.15, 0.2) is 6.10 Å². The molecule has 6 heteroatoms. The number of esters is 3. The molecule has 0 spiro atoms. The van der Waals surface area contributed by atoms with Crippen LogP contribution in [0.5, 0.6) is 0 Å². The second-order valence-corrected chi connectivity index (χ2v) is 18.1. The zero-order chi connectivity index (χ0) is 46.5. The Morgan fingerprint density at radius 3 is 1.09 bits per heavy atom. The molecule has 0 N–H and O–H groups in total. The quantitative estimate of drug-likeness (QED) is 0.0199. The van der Waals surface area contributed by atoms with Crippen molar-refractivity contribution in [3.05, 3.63) is 60.8 Å². The van der Waals surface area contributed by atoms with Crippen LogP contribution in [0.3, 0.4) is 0 Å². The average molecular weight is 895 g/mol. The lowest BCUT2D eigenvalue weighted by atomic mass is 10.0. The summed E-state index contributed by atoms with van der Waals surface area (Å²) in [5.41, 5.74) is 0. The van der Waals surface area contributed by atoms with Gasteiger partial charge < -0.3 is 14.2 Å². The van der Waals surface area contributed by atoms with Gasteiger partial charge in [0.25, 0.3) is 0 Å². The van der Waals surface area contributed by atoms with Crippen molar-refractivity contribution in [2.45, 2.75) is 277 Å². The number of carbonyl (C=O) groups excluding carboxylic acids is 3. The highest BCUT2D eigenvalue weighted by Gasteiger charge is 2.19. The highest BCUT2D eigenvalue weighted by molar-refractivity contribution is 5.71. The molecule has 0 saturated heterocycles. The van der Waals surface area contributed by atoms with Crippen LogP contribution in [-0.2, 0) is 28.6 Å². The Labute approximate surface area is 396 Å². The molecular weight excluding hydrogens is 793 g/mol.